The van der Waals surface area contributed by atoms with Crippen molar-refractivity contribution in [1.82, 2.24) is 20.9 Å². The molecule has 12 nitrogen and oxygen atoms in total. The first-order valence-corrected chi connectivity index (χ1v) is 12.1. The molecule has 1 heterocycles. The molecule has 13 heteroatoms. The summed E-state index contributed by atoms with van der Waals surface area (Å²) in [6.45, 7) is -0.629. The third-order valence-corrected chi connectivity index (χ3v) is 5.76. The number of hydrogen-bond acceptors (Lipinski definition) is 7. The van der Waals surface area contributed by atoms with E-state index < -0.39 is 60.8 Å². The Balaban J connectivity index is 2.22. The number of thioether (sulfide) groups is 1. The van der Waals surface area contributed by atoms with Crippen molar-refractivity contribution >= 4 is 52.3 Å². The van der Waals surface area contributed by atoms with Crippen LogP contribution < -0.4 is 21.7 Å². The molecule has 3 unspecified atom stereocenters. The fraction of sp³-hybridized carbons (Fsp3) is 0.409. The third kappa shape index (κ3) is 8.61. The normalized spacial score (nSPS) is 13.4. The monoisotopic (exact) mass is 507 g/mol. The van der Waals surface area contributed by atoms with Gasteiger partial charge in [-0.1, -0.05) is 18.2 Å². The summed E-state index contributed by atoms with van der Waals surface area (Å²) in [4.78, 5) is 63.0. The number of para-hydroxylation sites is 1. The van der Waals surface area contributed by atoms with Gasteiger partial charge in [0.05, 0.1) is 12.5 Å². The predicted octanol–water partition coefficient (Wildman–Crippen LogP) is -0.564. The number of aromatic amines is 1. The number of carboxylic acid groups (broad SMARTS) is 2. The Hall–Kier alpha value is -3.58. The van der Waals surface area contributed by atoms with E-state index in [2.05, 4.69) is 20.9 Å². The minimum Gasteiger partial charge on any atom is -0.481 e. The van der Waals surface area contributed by atoms with Crippen LogP contribution in [0.4, 0.5) is 0 Å². The lowest BCUT2D eigenvalue weighted by Crippen LogP contribution is -2.56. The number of carboxylic acids is 2. The zero-order valence-corrected chi connectivity index (χ0v) is 19.9. The van der Waals surface area contributed by atoms with Gasteiger partial charge in [0.25, 0.3) is 0 Å². The first-order valence-electron chi connectivity index (χ1n) is 10.7. The molecule has 1 aromatic heterocycles. The fourth-order valence-corrected chi connectivity index (χ4v) is 3.82. The topological polar surface area (TPSA) is 204 Å². The van der Waals surface area contributed by atoms with E-state index in [1.165, 1.54) is 11.8 Å². The van der Waals surface area contributed by atoms with Crippen molar-refractivity contribution in [1.29, 1.82) is 0 Å². The van der Waals surface area contributed by atoms with Crippen LogP contribution in [0, 0.1) is 0 Å². The highest BCUT2D eigenvalue weighted by Gasteiger charge is 2.29. The van der Waals surface area contributed by atoms with E-state index in [0.29, 0.717) is 5.75 Å². The summed E-state index contributed by atoms with van der Waals surface area (Å²) in [5.74, 6) is -4.20. The molecule has 1 aromatic carbocycles. The zero-order valence-electron chi connectivity index (χ0n) is 19.1. The molecule has 8 N–H and O–H groups in total. The maximum Gasteiger partial charge on any atom is 0.322 e. The summed E-state index contributed by atoms with van der Waals surface area (Å²) < 4.78 is 0. The molecule has 2 rings (SSSR count). The van der Waals surface area contributed by atoms with Gasteiger partial charge in [0.1, 0.15) is 18.6 Å². The largest absolute Gasteiger partial charge is 0.481 e. The lowest BCUT2D eigenvalue weighted by molar-refractivity contribution is -0.139. The van der Waals surface area contributed by atoms with E-state index in [1.807, 2.05) is 30.5 Å². The summed E-state index contributed by atoms with van der Waals surface area (Å²) >= 11 is 1.43. The van der Waals surface area contributed by atoms with Gasteiger partial charge in [0, 0.05) is 23.5 Å². The van der Waals surface area contributed by atoms with Crippen LogP contribution in [0.5, 0.6) is 0 Å². The summed E-state index contributed by atoms with van der Waals surface area (Å²) in [6.07, 6.45) is 3.17. The van der Waals surface area contributed by atoms with E-state index in [-0.39, 0.29) is 12.8 Å². The van der Waals surface area contributed by atoms with E-state index in [4.69, 9.17) is 15.9 Å². The molecule has 0 bridgehead atoms. The van der Waals surface area contributed by atoms with Gasteiger partial charge in [0.15, 0.2) is 0 Å². The molecule has 190 valence electrons. The van der Waals surface area contributed by atoms with E-state index in [9.17, 15) is 24.0 Å². The van der Waals surface area contributed by atoms with E-state index >= 15 is 0 Å². The van der Waals surface area contributed by atoms with E-state index in [1.54, 1.807) is 6.20 Å². The van der Waals surface area contributed by atoms with Gasteiger partial charge in [-0.25, -0.2) is 0 Å². The summed E-state index contributed by atoms with van der Waals surface area (Å²) in [7, 11) is 0. The minimum absolute atomic E-state index is 0.0585. The number of amides is 3. The molecule has 0 saturated carbocycles. The Labute approximate surface area is 205 Å². The molecule has 2 aromatic rings. The van der Waals surface area contributed by atoms with Crippen LogP contribution in [0.2, 0.25) is 0 Å². The zero-order chi connectivity index (χ0) is 26.0. The van der Waals surface area contributed by atoms with Gasteiger partial charge in [-0.05, 0) is 30.1 Å². The van der Waals surface area contributed by atoms with Crippen LogP contribution in [0.3, 0.4) is 0 Å². The number of fused-ring (bicyclic) bond motifs is 1. The first-order chi connectivity index (χ1) is 16.6. The molecule has 0 aliphatic carbocycles. The smallest absolute Gasteiger partial charge is 0.322 e. The van der Waals surface area contributed by atoms with Gasteiger partial charge in [0.2, 0.25) is 17.7 Å². The molecule has 0 spiro atoms. The second kappa shape index (κ2) is 13.3. The molecular formula is C22H29N5O7S. The highest BCUT2D eigenvalue weighted by Crippen LogP contribution is 2.19. The Morgan fingerprint density at radius 1 is 1.00 bits per heavy atom. The van der Waals surface area contributed by atoms with Crippen LogP contribution in [0.1, 0.15) is 18.4 Å². The highest BCUT2D eigenvalue weighted by molar-refractivity contribution is 7.98. The molecule has 0 saturated heterocycles. The standard InChI is InChI=1S/C22H29N5O7S/c1-35-7-6-16(26-20(32)14(23)9-18(28)29)22(34)27-17(21(33)25-11-19(30)31)8-12-10-24-15-5-3-2-4-13(12)15/h2-5,10,14,16-17,24H,6-9,11,23H2,1H3,(H,25,33)(H,26,32)(H,27,34)(H,28,29)(H,30,31). The molecule has 3 amide bonds. The Morgan fingerprint density at radius 3 is 2.34 bits per heavy atom. The number of nitrogens with two attached hydrogens (primary N) is 1. The Kier molecular flexibility index (Phi) is 10.5. The van der Waals surface area contributed by atoms with Crippen molar-refractivity contribution in [3.8, 4) is 0 Å². The molecule has 0 aliphatic heterocycles. The average Bonchev–Trinajstić information content (AvgIpc) is 3.21. The lowest BCUT2D eigenvalue weighted by atomic mass is 10.0. The number of carbonyl (C=O) groups is 5. The van der Waals surface area contributed by atoms with Crippen molar-refractivity contribution in [2.45, 2.75) is 37.4 Å². The van der Waals surface area contributed by atoms with Crippen molar-refractivity contribution in [2.75, 3.05) is 18.6 Å². The molecule has 3 atom stereocenters. The maximum atomic E-state index is 13.1. The van der Waals surface area contributed by atoms with Crippen LogP contribution in [0.15, 0.2) is 30.5 Å². The summed E-state index contributed by atoms with van der Waals surface area (Å²) in [6, 6.07) is 3.81. The van der Waals surface area contributed by atoms with Crippen molar-refractivity contribution < 1.29 is 34.2 Å². The van der Waals surface area contributed by atoms with E-state index in [0.717, 1.165) is 16.5 Å². The quantitative estimate of drug-likeness (QED) is 0.175. The minimum atomic E-state index is -1.35. The Bertz CT molecular complexity index is 1070. The van der Waals surface area contributed by atoms with Gasteiger partial charge in [-0.3, -0.25) is 24.0 Å². The number of H-pyrrole nitrogens is 1. The van der Waals surface area contributed by atoms with Crippen molar-refractivity contribution in [3.05, 3.63) is 36.0 Å². The summed E-state index contributed by atoms with van der Waals surface area (Å²) in [5, 5.41) is 25.9. The number of rotatable bonds is 14. The van der Waals surface area contributed by atoms with Crippen LogP contribution >= 0.6 is 11.8 Å². The fourth-order valence-electron chi connectivity index (χ4n) is 3.35. The SMILES string of the molecule is CSCCC(NC(=O)C(N)CC(=O)O)C(=O)NC(Cc1c[nH]c2ccccc12)C(=O)NCC(=O)O. The van der Waals surface area contributed by atoms with Gasteiger partial charge in [-0.2, -0.15) is 11.8 Å². The number of aliphatic carboxylic acids is 2. The second-order valence-corrected chi connectivity index (χ2v) is 8.77. The van der Waals surface area contributed by atoms with Crippen LogP contribution in [-0.4, -0.2) is 81.5 Å². The first kappa shape index (κ1) is 27.7. The van der Waals surface area contributed by atoms with Gasteiger partial charge >= 0.3 is 11.9 Å². The summed E-state index contributed by atoms with van der Waals surface area (Å²) in [5.41, 5.74) is 7.16. The lowest BCUT2D eigenvalue weighted by Gasteiger charge is -2.24. The third-order valence-electron chi connectivity index (χ3n) is 5.12. The van der Waals surface area contributed by atoms with Crippen LogP contribution in [-0.2, 0) is 30.4 Å². The number of carbonyl (C=O) groups excluding carboxylic acids is 3. The molecule has 0 aliphatic rings. The van der Waals surface area contributed by atoms with Crippen molar-refractivity contribution in [2.24, 2.45) is 5.73 Å². The number of aromatic nitrogens is 1. The predicted molar refractivity (Wildman–Crippen MR) is 130 cm³/mol. The van der Waals surface area contributed by atoms with Crippen LogP contribution in [0.25, 0.3) is 10.9 Å². The molecular weight excluding hydrogens is 478 g/mol. The molecule has 0 fully saturated rings. The second-order valence-electron chi connectivity index (χ2n) is 7.78. The van der Waals surface area contributed by atoms with Crippen molar-refractivity contribution in [3.63, 3.8) is 0 Å². The number of nitrogens with one attached hydrogen (secondary N) is 4. The highest BCUT2D eigenvalue weighted by atomic mass is 32.2. The average molecular weight is 508 g/mol. The molecule has 0 radical (unpaired) electrons. The maximum absolute atomic E-state index is 13.1. The number of hydrogen-bond donors (Lipinski definition) is 7. The molecule has 35 heavy (non-hydrogen) atoms. The van der Waals surface area contributed by atoms with Gasteiger partial charge < -0.3 is 36.9 Å². The van der Waals surface area contributed by atoms with Gasteiger partial charge in [-0.15, -0.1) is 0 Å². The Morgan fingerprint density at radius 2 is 1.69 bits per heavy atom. The number of benzene rings is 1.